The molecule has 1 fully saturated rings. The minimum Gasteiger partial charge on any atom is -0.490 e. The summed E-state index contributed by atoms with van der Waals surface area (Å²) in [6.07, 6.45) is 5.14. The summed E-state index contributed by atoms with van der Waals surface area (Å²) in [7, 11) is 0. The summed E-state index contributed by atoms with van der Waals surface area (Å²) in [4.78, 5) is 33.6. The van der Waals surface area contributed by atoms with Gasteiger partial charge in [0.25, 0.3) is 11.8 Å². The van der Waals surface area contributed by atoms with E-state index in [1.165, 1.54) is 12.8 Å². The first kappa shape index (κ1) is 27.7. The zero-order valence-corrected chi connectivity index (χ0v) is 23.9. The highest BCUT2D eigenvalue weighted by Crippen LogP contribution is 2.31. The number of hydrogen-bond donors (Lipinski definition) is 2. The monoisotopic (exact) mass is 564 g/mol. The van der Waals surface area contributed by atoms with Crippen molar-refractivity contribution >= 4 is 34.1 Å². The maximum absolute atomic E-state index is 13.4. The predicted octanol–water partition coefficient (Wildman–Crippen LogP) is 6.24. The summed E-state index contributed by atoms with van der Waals surface area (Å²) >= 11 is 0. The maximum Gasteiger partial charge on any atom is 0.255 e. The Morgan fingerprint density at radius 2 is 1.57 bits per heavy atom. The Kier molecular flexibility index (Phi) is 8.33. The van der Waals surface area contributed by atoms with Crippen molar-refractivity contribution in [1.29, 1.82) is 0 Å². The van der Waals surface area contributed by atoms with Crippen molar-refractivity contribution in [2.24, 2.45) is 0 Å². The van der Waals surface area contributed by atoms with Gasteiger partial charge in [-0.2, -0.15) is 0 Å². The molecule has 2 amide bonds. The van der Waals surface area contributed by atoms with Gasteiger partial charge in [-0.3, -0.25) is 14.6 Å². The number of fused-ring (bicyclic) bond motifs is 2. The fourth-order valence-electron chi connectivity index (χ4n) is 5.56. The van der Waals surface area contributed by atoms with Gasteiger partial charge in [0.05, 0.1) is 18.7 Å². The number of benzene rings is 3. The quantitative estimate of drug-likeness (QED) is 0.263. The molecule has 1 aromatic heterocycles. The smallest absolute Gasteiger partial charge is 0.255 e. The fourth-order valence-corrected chi connectivity index (χ4v) is 5.56. The minimum atomic E-state index is -0.262. The zero-order valence-electron chi connectivity index (χ0n) is 23.9. The first-order valence-corrected chi connectivity index (χ1v) is 14.8. The van der Waals surface area contributed by atoms with E-state index in [1.54, 1.807) is 24.3 Å². The number of aromatic nitrogens is 1. The van der Waals surface area contributed by atoms with E-state index in [2.05, 4.69) is 20.5 Å². The molecule has 0 saturated carbocycles. The highest BCUT2D eigenvalue weighted by molar-refractivity contribution is 6.08. The molecule has 0 radical (unpaired) electrons. The number of likely N-dealkylation sites (tertiary alicyclic amines) is 1. The van der Waals surface area contributed by atoms with Gasteiger partial charge in [0.1, 0.15) is 0 Å². The third-order valence-corrected chi connectivity index (χ3v) is 7.84. The summed E-state index contributed by atoms with van der Waals surface area (Å²) in [5.74, 6) is 0.751. The Morgan fingerprint density at radius 1 is 0.810 bits per heavy atom. The highest BCUT2D eigenvalue weighted by Gasteiger charge is 2.17. The van der Waals surface area contributed by atoms with Crippen molar-refractivity contribution < 1.29 is 19.1 Å². The van der Waals surface area contributed by atoms with E-state index in [1.807, 2.05) is 49.4 Å². The van der Waals surface area contributed by atoms with Gasteiger partial charge in [0.15, 0.2) is 11.5 Å². The van der Waals surface area contributed by atoms with Gasteiger partial charge < -0.3 is 25.0 Å². The normalized spacial score (nSPS) is 14.9. The van der Waals surface area contributed by atoms with Crippen LogP contribution in [-0.4, -0.2) is 54.5 Å². The molecule has 216 valence electrons. The Morgan fingerprint density at radius 3 is 2.43 bits per heavy atom. The molecule has 6 rings (SSSR count). The number of amides is 2. The third kappa shape index (κ3) is 6.55. The standard InChI is InChI=1S/C34H36N4O4/c1-23-7-8-25-20-26(10-13-29(25)35-23)34(40)37-30-22-28(12-9-24(30)6-4-17-38-15-2-3-16-38)36-33(39)27-11-14-31-32(21-27)42-19-5-18-41-31/h7-14,20-22H,2-6,15-19H2,1H3,(H,36,39)(H,37,40). The van der Waals surface area contributed by atoms with Crippen molar-refractivity contribution in [2.75, 3.05) is 43.5 Å². The number of anilines is 2. The van der Waals surface area contributed by atoms with Gasteiger partial charge >= 0.3 is 0 Å². The van der Waals surface area contributed by atoms with Crippen LogP contribution >= 0.6 is 0 Å². The van der Waals surface area contributed by atoms with Crippen LogP contribution in [0.2, 0.25) is 0 Å². The molecule has 4 aromatic rings. The molecule has 1 saturated heterocycles. The molecule has 0 spiro atoms. The lowest BCUT2D eigenvalue weighted by Crippen LogP contribution is -2.21. The number of carbonyl (C=O) groups excluding carboxylic acids is 2. The van der Waals surface area contributed by atoms with Crippen LogP contribution in [0.25, 0.3) is 10.9 Å². The van der Waals surface area contributed by atoms with Crippen LogP contribution in [0.5, 0.6) is 11.5 Å². The molecule has 8 heteroatoms. The Balaban J connectivity index is 1.21. The van der Waals surface area contributed by atoms with Crippen molar-refractivity contribution in [3.8, 4) is 11.5 Å². The second kappa shape index (κ2) is 12.6. The van der Waals surface area contributed by atoms with E-state index in [9.17, 15) is 9.59 Å². The molecule has 8 nitrogen and oxygen atoms in total. The summed E-state index contributed by atoms with van der Waals surface area (Å²) < 4.78 is 11.5. The number of nitrogens with one attached hydrogen (secondary N) is 2. The third-order valence-electron chi connectivity index (χ3n) is 7.84. The van der Waals surface area contributed by atoms with Crippen molar-refractivity contribution in [3.63, 3.8) is 0 Å². The molecular weight excluding hydrogens is 528 g/mol. The highest BCUT2D eigenvalue weighted by atomic mass is 16.5. The lowest BCUT2D eigenvalue weighted by Gasteiger charge is -2.17. The number of carbonyl (C=O) groups is 2. The average Bonchev–Trinajstić information content (AvgIpc) is 3.40. The number of hydrogen-bond acceptors (Lipinski definition) is 6. The van der Waals surface area contributed by atoms with E-state index < -0.39 is 0 Å². The molecule has 3 heterocycles. The van der Waals surface area contributed by atoms with Gasteiger partial charge in [0, 0.05) is 40.0 Å². The minimum absolute atomic E-state index is 0.204. The van der Waals surface area contributed by atoms with E-state index in [4.69, 9.17) is 9.47 Å². The first-order valence-electron chi connectivity index (χ1n) is 14.8. The van der Waals surface area contributed by atoms with Crippen molar-refractivity contribution in [2.45, 2.75) is 39.0 Å². The molecular formula is C34H36N4O4. The Bertz CT molecular complexity index is 1610. The summed E-state index contributed by atoms with van der Waals surface area (Å²) in [5, 5.41) is 7.02. The summed E-state index contributed by atoms with van der Waals surface area (Å²) in [6.45, 7) is 6.44. The van der Waals surface area contributed by atoms with Gasteiger partial charge in [-0.25, -0.2) is 0 Å². The van der Waals surface area contributed by atoms with E-state index >= 15 is 0 Å². The topological polar surface area (TPSA) is 92.8 Å². The zero-order chi connectivity index (χ0) is 28.9. The second-order valence-electron chi connectivity index (χ2n) is 11.0. The summed E-state index contributed by atoms with van der Waals surface area (Å²) in [5.41, 5.74) is 5.15. The van der Waals surface area contributed by atoms with Crippen LogP contribution < -0.4 is 20.1 Å². The second-order valence-corrected chi connectivity index (χ2v) is 11.0. The van der Waals surface area contributed by atoms with Gasteiger partial charge in [-0.15, -0.1) is 0 Å². The molecule has 3 aromatic carbocycles. The number of nitrogens with zero attached hydrogens (tertiary/aromatic N) is 2. The van der Waals surface area contributed by atoms with Crippen LogP contribution in [0.1, 0.15) is 57.7 Å². The number of pyridine rings is 1. The molecule has 42 heavy (non-hydrogen) atoms. The SMILES string of the molecule is Cc1ccc2cc(C(=O)Nc3cc(NC(=O)c4ccc5c(c4)OCCCO5)ccc3CCCN3CCCC3)ccc2n1. The van der Waals surface area contributed by atoms with Crippen LogP contribution in [0.15, 0.2) is 66.7 Å². The summed E-state index contributed by atoms with van der Waals surface area (Å²) in [6, 6.07) is 20.4. The lowest BCUT2D eigenvalue weighted by atomic mass is 10.0. The molecule has 2 N–H and O–H groups in total. The van der Waals surface area contributed by atoms with Crippen molar-refractivity contribution in [3.05, 3.63) is 89.1 Å². The van der Waals surface area contributed by atoms with Crippen LogP contribution in [0, 0.1) is 6.92 Å². The van der Waals surface area contributed by atoms with Gasteiger partial charge in [0.2, 0.25) is 0 Å². The largest absolute Gasteiger partial charge is 0.490 e. The Labute approximate surface area is 246 Å². The van der Waals surface area contributed by atoms with E-state index in [0.29, 0.717) is 47.2 Å². The van der Waals surface area contributed by atoms with E-state index in [-0.39, 0.29) is 11.8 Å². The maximum atomic E-state index is 13.4. The van der Waals surface area contributed by atoms with Gasteiger partial charge in [-0.05, 0) is 112 Å². The number of aryl methyl sites for hydroxylation is 2. The molecule has 0 bridgehead atoms. The molecule has 2 aliphatic rings. The lowest BCUT2D eigenvalue weighted by molar-refractivity contribution is 0.101. The molecule has 0 aliphatic carbocycles. The van der Waals surface area contributed by atoms with Gasteiger partial charge in [-0.1, -0.05) is 12.1 Å². The van der Waals surface area contributed by atoms with Crippen LogP contribution in [-0.2, 0) is 6.42 Å². The van der Waals surface area contributed by atoms with E-state index in [0.717, 1.165) is 61.1 Å². The van der Waals surface area contributed by atoms with Crippen LogP contribution in [0.3, 0.4) is 0 Å². The number of ether oxygens (including phenoxy) is 2. The molecule has 0 atom stereocenters. The fraction of sp³-hybridized carbons (Fsp3) is 0.324. The Hall–Kier alpha value is -4.43. The molecule has 0 unspecified atom stereocenters. The average molecular weight is 565 g/mol. The van der Waals surface area contributed by atoms with Crippen molar-refractivity contribution in [1.82, 2.24) is 9.88 Å². The predicted molar refractivity (Wildman–Crippen MR) is 165 cm³/mol. The molecule has 2 aliphatic heterocycles. The number of rotatable bonds is 8. The van der Waals surface area contributed by atoms with Crippen LogP contribution in [0.4, 0.5) is 11.4 Å². The first-order chi connectivity index (χ1) is 20.5.